The monoisotopic (exact) mass is 397 g/mol. The van der Waals surface area contributed by atoms with Gasteiger partial charge in [0.05, 0.1) is 17.9 Å². The van der Waals surface area contributed by atoms with E-state index >= 15 is 0 Å². The van der Waals surface area contributed by atoms with E-state index in [1.807, 2.05) is 36.6 Å². The van der Waals surface area contributed by atoms with E-state index in [2.05, 4.69) is 15.3 Å². The first-order chi connectivity index (χ1) is 13.6. The molecule has 7 nitrogen and oxygen atoms in total. The highest BCUT2D eigenvalue weighted by atomic mass is 32.1. The number of benzene rings is 1. The number of aromatic nitrogens is 2. The Labute approximate surface area is 166 Å². The molecular weight excluding hydrogens is 378 g/mol. The summed E-state index contributed by atoms with van der Waals surface area (Å²) >= 11 is 1.30. The van der Waals surface area contributed by atoms with Gasteiger partial charge in [-0.15, -0.1) is 11.3 Å². The van der Waals surface area contributed by atoms with Crippen molar-refractivity contribution in [3.05, 3.63) is 59.7 Å². The Kier molecular flexibility index (Phi) is 6.33. The van der Waals surface area contributed by atoms with Crippen LogP contribution in [-0.4, -0.2) is 34.6 Å². The van der Waals surface area contributed by atoms with Crippen LogP contribution in [0.2, 0.25) is 0 Å². The number of amides is 1. The molecule has 3 aromatic rings. The number of carbonyl (C=O) groups excluding carboxylic acids is 2. The second-order valence-corrected chi connectivity index (χ2v) is 6.63. The maximum atomic E-state index is 12.3. The number of rotatable bonds is 7. The van der Waals surface area contributed by atoms with Gasteiger partial charge in [0.25, 0.3) is 5.91 Å². The zero-order valence-electron chi connectivity index (χ0n) is 15.4. The second-order valence-electron chi connectivity index (χ2n) is 5.77. The van der Waals surface area contributed by atoms with E-state index in [0.717, 1.165) is 17.0 Å². The van der Waals surface area contributed by atoms with E-state index < -0.39 is 18.0 Å². The quantitative estimate of drug-likeness (QED) is 0.610. The zero-order valence-corrected chi connectivity index (χ0v) is 16.2. The minimum atomic E-state index is -0.960. The van der Waals surface area contributed by atoms with Gasteiger partial charge in [0, 0.05) is 23.3 Å². The molecule has 1 amide bonds. The fourth-order valence-corrected chi connectivity index (χ4v) is 3.05. The van der Waals surface area contributed by atoms with E-state index in [1.165, 1.54) is 42.8 Å². The molecule has 2 aromatic heterocycles. The van der Waals surface area contributed by atoms with Gasteiger partial charge in [-0.2, -0.15) is 0 Å². The standard InChI is InChI=1S/C20H19N3O4S/c1-3-26-16-6-4-14(5-7-16)17-12-28-20(22-17)23-18(24)13(2)27-19(25)15-8-10-21-11-9-15/h4-13H,3H2,1-2H3,(H,22,23,24). The van der Waals surface area contributed by atoms with E-state index in [1.54, 1.807) is 0 Å². The van der Waals surface area contributed by atoms with Crippen molar-refractivity contribution in [3.8, 4) is 17.0 Å². The van der Waals surface area contributed by atoms with Crippen LogP contribution in [0, 0.1) is 0 Å². The number of ether oxygens (including phenoxy) is 2. The highest BCUT2D eigenvalue weighted by Crippen LogP contribution is 2.26. The molecule has 8 heteroatoms. The first kappa shape index (κ1) is 19.5. The normalized spacial score (nSPS) is 11.5. The van der Waals surface area contributed by atoms with Crippen LogP contribution in [0.4, 0.5) is 5.13 Å². The highest BCUT2D eigenvalue weighted by molar-refractivity contribution is 7.14. The van der Waals surface area contributed by atoms with Crippen molar-refractivity contribution in [1.82, 2.24) is 9.97 Å². The van der Waals surface area contributed by atoms with Gasteiger partial charge in [-0.05, 0) is 50.2 Å². The third kappa shape index (κ3) is 4.92. The zero-order chi connectivity index (χ0) is 19.9. The summed E-state index contributed by atoms with van der Waals surface area (Å²) in [5.41, 5.74) is 1.99. The first-order valence-electron chi connectivity index (χ1n) is 8.67. The van der Waals surface area contributed by atoms with Gasteiger partial charge in [-0.1, -0.05) is 0 Å². The SMILES string of the molecule is CCOc1ccc(-c2csc(NC(=O)C(C)OC(=O)c3ccncc3)n2)cc1. The molecule has 0 fully saturated rings. The number of nitrogens with zero attached hydrogens (tertiary/aromatic N) is 2. The molecule has 3 rings (SSSR count). The number of esters is 1. The van der Waals surface area contributed by atoms with Gasteiger partial charge in [-0.3, -0.25) is 15.1 Å². The van der Waals surface area contributed by atoms with Gasteiger partial charge >= 0.3 is 5.97 Å². The molecule has 0 saturated heterocycles. The minimum Gasteiger partial charge on any atom is -0.494 e. The Bertz CT molecular complexity index is 942. The molecule has 0 saturated carbocycles. The van der Waals surface area contributed by atoms with Crippen LogP contribution >= 0.6 is 11.3 Å². The van der Waals surface area contributed by atoms with Crippen molar-refractivity contribution in [2.75, 3.05) is 11.9 Å². The maximum Gasteiger partial charge on any atom is 0.339 e. The fourth-order valence-electron chi connectivity index (χ4n) is 2.33. The number of thiazole rings is 1. The van der Waals surface area contributed by atoms with Gasteiger partial charge in [-0.25, -0.2) is 9.78 Å². The molecule has 144 valence electrons. The van der Waals surface area contributed by atoms with Gasteiger partial charge in [0.2, 0.25) is 0 Å². The molecule has 0 radical (unpaired) electrons. The Morgan fingerprint density at radius 1 is 1.14 bits per heavy atom. The van der Waals surface area contributed by atoms with Crippen molar-refractivity contribution >= 4 is 28.3 Å². The van der Waals surface area contributed by atoms with Crippen molar-refractivity contribution in [1.29, 1.82) is 0 Å². The number of hydrogen-bond donors (Lipinski definition) is 1. The van der Waals surface area contributed by atoms with Crippen LogP contribution in [0.15, 0.2) is 54.2 Å². The van der Waals surface area contributed by atoms with Crippen LogP contribution in [0.1, 0.15) is 24.2 Å². The summed E-state index contributed by atoms with van der Waals surface area (Å²) < 4.78 is 10.6. The first-order valence-corrected chi connectivity index (χ1v) is 9.55. The number of hydrogen-bond acceptors (Lipinski definition) is 7. The predicted molar refractivity (Wildman–Crippen MR) is 106 cm³/mol. The Hall–Kier alpha value is -3.26. The smallest absolute Gasteiger partial charge is 0.339 e. The van der Waals surface area contributed by atoms with Crippen molar-refractivity contribution in [3.63, 3.8) is 0 Å². The summed E-state index contributed by atoms with van der Waals surface area (Å²) in [4.78, 5) is 32.6. The molecule has 0 aliphatic rings. The topological polar surface area (TPSA) is 90.4 Å². The average Bonchev–Trinajstić information content (AvgIpc) is 3.18. The highest BCUT2D eigenvalue weighted by Gasteiger charge is 2.20. The summed E-state index contributed by atoms with van der Waals surface area (Å²) in [5, 5.41) is 4.95. The lowest BCUT2D eigenvalue weighted by atomic mass is 10.2. The molecule has 0 spiro atoms. The minimum absolute atomic E-state index is 0.335. The van der Waals surface area contributed by atoms with Crippen LogP contribution in [0.5, 0.6) is 5.75 Å². The second kappa shape index (κ2) is 9.09. The van der Waals surface area contributed by atoms with Gasteiger partial charge in [0.15, 0.2) is 11.2 Å². The van der Waals surface area contributed by atoms with Crippen LogP contribution in [0.25, 0.3) is 11.3 Å². The fraction of sp³-hybridized carbons (Fsp3) is 0.200. The molecule has 2 heterocycles. The third-order valence-corrected chi connectivity index (χ3v) is 4.52. The van der Waals surface area contributed by atoms with Gasteiger partial charge in [0.1, 0.15) is 5.75 Å². The summed E-state index contributed by atoms with van der Waals surface area (Å²) in [6.07, 6.45) is 2.01. The van der Waals surface area contributed by atoms with Crippen LogP contribution in [0.3, 0.4) is 0 Å². The molecule has 1 N–H and O–H groups in total. The molecule has 28 heavy (non-hydrogen) atoms. The van der Waals surface area contributed by atoms with E-state index in [-0.39, 0.29) is 0 Å². The number of pyridine rings is 1. The molecule has 0 bridgehead atoms. The lowest BCUT2D eigenvalue weighted by Gasteiger charge is -2.12. The number of anilines is 1. The van der Waals surface area contributed by atoms with E-state index in [9.17, 15) is 9.59 Å². The van der Waals surface area contributed by atoms with E-state index in [0.29, 0.717) is 17.3 Å². The van der Waals surface area contributed by atoms with Gasteiger partial charge < -0.3 is 9.47 Å². The van der Waals surface area contributed by atoms with Crippen molar-refractivity contribution in [2.24, 2.45) is 0 Å². The Morgan fingerprint density at radius 2 is 1.86 bits per heavy atom. The summed E-state index contributed by atoms with van der Waals surface area (Å²) in [7, 11) is 0. The van der Waals surface area contributed by atoms with Crippen LogP contribution < -0.4 is 10.1 Å². The Morgan fingerprint density at radius 3 is 2.54 bits per heavy atom. The molecular formula is C20H19N3O4S. The summed E-state index contributed by atoms with van der Waals surface area (Å²) in [6.45, 7) is 4.05. The largest absolute Gasteiger partial charge is 0.494 e. The summed E-state index contributed by atoms with van der Waals surface area (Å²) in [5.74, 6) is -0.242. The molecule has 1 unspecified atom stereocenters. The van der Waals surface area contributed by atoms with E-state index in [4.69, 9.17) is 9.47 Å². The molecule has 0 aliphatic carbocycles. The molecule has 1 aromatic carbocycles. The summed E-state index contributed by atoms with van der Waals surface area (Å²) in [6, 6.07) is 10.6. The van der Waals surface area contributed by atoms with Crippen molar-refractivity contribution < 1.29 is 19.1 Å². The predicted octanol–water partition coefficient (Wildman–Crippen LogP) is 3.79. The Balaban J connectivity index is 1.59. The maximum absolute atomic E-state index is 12.3. The molecule has 1 atom stereocenters. The number of nitrogens with one attached hydrogen (secondary N) is 1. The average molecular weight is 397 g/mol. The number of carbonyl (C=O) groups is 2. The van der Waals surface area contributed by atoms with Crippen molar-refractivity contribution in [2.45, 2.75) is 20.0 Å². The lowest BCUT2D eigenvalue weighted by Crippen LogP contribution is -2.29. The molecule has 0 aliphatic heterocycles. The third-order valence-electron chi connectivity index (χ3n) is 3.76. The van der Waals surface area contributed by atoms with Crippen LogP contribution in [-0.2, 0) is 9.53 Å². The lowest BCUT2D eigenvalue weighted by molar-refractivity contribution is -0.123.